The summed E-state index contributed by atoms with van der Waals surface area (Å²) in [6.07, 6.45) is 0. The van der Waals surface area contributed by atoms with Gasteiger partial charge in [0.15, 0.2) is 0 Å². The molecule has 0 heterocycles. The van der Waals surface area contributed by atoms with Gasteiger partial charge in [-0.25, -0.2) is 12.8 Å². The molecule has 0 aliphatic heterocycles. The zero-order valence-corrected chi connectivity index (χ0v) is 17.0. The van der Waals surface area contributed by atoms with E-state index in [1.807, 2.05) is 0 Å². The summed E-state index contributed by atoms with van der Waals surface area (Å²) in [4.78, 5) is 14.3. The maximum absolute atomic E-state index is 13.0. The molecule has 0 aromatic heterocycles. The lowest BCUT2D eigenvalue weighted by atomic mass is 10.1. The van der Waals surface area contributed by atoms with Crippen molar-refractivity contribution in [3.8, 4) is 0 Å². The minimum Gasteiger partial charge on any atom is -0.337 e. The van der Waals surface area contributed by atoms with E-state index in [1.54, 1.807) is 37.4 Å². The number of nitrogens with one attached hydrogen (secondary N) is 1. The summed E-state index contributed by atoms with van der Waals surface area (Å²) in [6, 6.07) is 18.1. The van der Waals surface area contributed by atoms with Crippen LogP contribution < -0.4 is 4.72 Å². The number of hydrogen-bond donors (Lipinski definition) is 1. The molecule has 0 unspecified atom stereocenters. The molecule has 0 spiro atoms. The van der Waals surface area contributed by atoms with Crippen molar-refractivity contribution >= 4 is 33.2 Å². The third kappa shape index (κ3) is 5.13. The Morgan fingerprint density at radius 1 is 1.03 bits per heavy atom. The van der Waals surface area contributed by atoms with Crippen LogP contribution in [0, 0.1) is 5.82 Å². The molecule has 8 heteroatoms. The number of anilines is 1. The fourth-order valence-electron chi connectivity index (χ4n) is 2.71. The third-order valence-electron chi connectivity index (χ3n) is 4.18. The SMILES string of the molecule is CN(Cc1ccc(F)cc1)C(=O)c1cc(NS(=O)(=O)c2ccccc2)ccc1Cl. The van der Waals surface area contributed by atoms with Crippen LogP contribution in [0.3, 0.4) is 0 Å². The summed E-state index contributed by atoms with van der Waals surface area (Å²) in [5, 5.41) is 0.198. The van der Waals surface area contributed by atoms with Gasteiger partial charge in [-0.05, 0) is 48.0 Å². The van der Waals surface area contributed by atoms with Gasteiger partial charge in [-0.1, -0.05) is 41.9 Å². The average Bonchev–Trinajstić information content (AvgIpc) is 2.71. The number of amides is 1. The molecule has 0 aliphatic carbocycles. The maximum Gasteiger partial charge on any atom is 0.261 e. The number of rotatable bonds is 6. The van der Waals surface area contributed by atoms with Gasteiger partial charge in [0.05, 0.1) is 15.5 Å². The van der Waals surface area contributed by atoms with Crippen LogP contribution >= 0.6 is 11.6 Å². The first-order valence-electron chi connectivity index (χ1n) is 8.63. The molecule has 3 aromatic rings. The van der Waals surface area contributed by atoms with E-state index in [0.29, 0.717) is 0 Å². The molecule has 1 N–H and O–H groups in total. The van der Waals surface area contributed by atoms with Crippen molar-refractivity contribution < 1.29 is 17.6 Å². The molecule has 0 saturated carbocycles. The van der Waals surface area contributed by atoms with E-state index in [9.17, 15) is 17.6 Å². The number of benzene rings is 3. The average molecular weight is 433 g/mol. The largest absolute Gasteiger partial charge is 0.337 e. The van der Waals surface area contributed by atoms with Crippen LogP contribution in [-0.4, -0.2) is 26.3 Å². The maximum atomic E-state index is 13.0. The first-order valence-corrected chi connectivity index (χ1v) is 10.5. The molecule has 150 valence electrons. The van der Waals surface area contributed by atoms with Gasteiger partial charge in [-0.15, -0.1) is 0 Å². The minimum atomic E-state index is -3.80. The summed E-state index contributed by atoms with van der Waals surface area (Å²) < 4.78 is 40.5. The molecular formula is C21H18ClFN2O3S. The van der Waals surface area contributed by atoms with E-state index in [0.717, 1.165) is 5.56 Å². The van der Waals surface area contributed by atoms with Crippen LogP contribution in [0.1, 0.15) is 15.9 Å². The van der Waals surface area contributed by atoms with Gasteiger partial charge in [0, 0.05) is 19.3 Å². The Balaban J connectivity index is 1.81. The normalized spacial score (nSPS) is 11.1. The predicted octanol–water partition coefficient (Wildman–Crippen LogP) is 4.55. The number of nitrogens with zero attached hydrogens (tertiary/aromatic N) is 1. The van der Waals surface area contributed by atoms with Gasteiger partial charge in [-0.3, -0.25) is 9.52 Å². The lowest BCUT2D eigenvalue weighted by Crippen LogP contribution is -2.26. The van der Waals surface area contributed by atoms with Crippen molar-refractivity contribution in [3.05, 3.63) is 94.8 Å². The zero-order chi connectivity index (χ0) is 21.0. The number of hydrogen-bond acceptors (Lipinski definition) is 3. The molecule has 0 atom stereocenters. The molecule has 0 saturated heterocycles. The highest BCUT2D eigenvalue weighted by molar-refractivity contribution is 7.92. The summed E-state index contributed by atoms with van der Waals surface area (Å²) in [6.45, 7) is 0.245. The topological polar surface area (TPSA) is 66.5 Å². The van der Waals surface area contributed by atoms with Gasteiger partial charge >= 0.3 is 0 Å². The zero-order valence-electron chi connectivity index (χ0n) is 15.5. The molecular weight excluding hydrogens is 415 g/mol. The van der Waals surface area contributed by atoms with E-state index in [-0.39, 0.29) is 39.4 Å². The number of carbonyl (C=O) groups is 1. The van der Waals surface area contributed by atoms with Crippen LogP contribution in [0.15, 0.2) is 77.7 Å². The second kappa shape index (κ2) is 8.63. The van der Waals surface area contributed by atoms with Crippen molar-refractivity contribution in [1.82, 2.24) is 4.90 Å². The van der Waals surface area contributed by atoms with Crippen molar-refractivity contribution in [2.75, 3.05) is 11.8 Å². The summed E-state index contributed by atoms with van der Waals surface area (Å²) in [5.74, 6) is -0.746. The van der Waals surface area contributed by atoms with Crippen LogP contribution in [0.5, 0.6) is 0 Å². The van der Waals surface area contributed by atoms with Gasteiger partial charge in [0.1, 0.15) is 5.82 Å². The van der Waals surface area contributed by atoms with E-state index >= 15 is 0 Å². The van der Waals surface area contributed by atoms with Gasteiger partial charge in [-0.2, -0.15) is 0 Å². The first-order chi connectivity index (χ1) is 13.8. The van der Waals surface area contributed by atoms with E-state index in [4.69, 9.17) is 11.6 Å². The molecule has 3 rings (SSSR count). The number of carbonyl (C=O) groups excluding carboxylic acids is 1. The second-order valence-electron chi connectivity index (χ2n) is 6.40. The molecule has 0 aliphatic rings. The monoisotopic (exact) mass is 432 g/mol. The van der Waals surface area contributed by atoms with Gasteiger partial charge in [0.2, 0.25) is 0 Å². The third-order valence-corrected chi connectivity index (χ3v) is 5.91. The highest BCUT2D eigenvalue weighted by Gasteiger charge is 2.19. The Morgan fingerprint density at radius 3 is 2.34 bits per heavy atom. The molecule has 1 amide bonds. The summed E-state index contributed by atoms with van der Waals surface area (Å²) in [7, 11) is -2.21. The second-order valence-corrected chi connectivity index (χ2v) is 8.49. The summed E-state index contributed by atoms with van der Waals surface area (Å²) >= 11 is 6.17. The van der Waals surface area contributed by atoms with Crippen LogP contribution in [0.4, 0.5) is 10.1 Å². The highest BCUT2D eigenvalue weighted by atomic mass is 35.5. The smallest absolute Gasteiger partial charge is 0.261 e. The Bertz CT molecular complexity index is 1120. The quantitative estimate of drug-likeness (QED) is 0.621. The summed E-state index contributed by atoms with van der Waals surface area (Å²) in [5.41, 5.74) is 1.13. The molecule has 3 aromatic carbocycles. The molecule has 0 bridgehead atoms. The van der Waals surface area contributed by atoms with E-state index in [1.165, 1.54) is 47.4 Å². The van der Waals surface area contributed by atoms with Gasteiger partial charge in [0.25, 0.3) is 15.9 Å². The molecule has 29 heavy (non-hydrogen) atoms. The van der Waals surface area contributed by atoms with Crippen LogP contribution in [0.2, 0.25) is 5.02 Å². The van der Waals surface area contributed by atoms with E-state index < -0.39 is 10.0 Å². The van der Waals surface area contributed by atoms with Crippen molar-refractivity contribution in [2.24, 2.45) is 0 Å². The first kappa shape index (κ1) is 20.8. The fraction of sp³-hybridized carbons (Fsp3) is 0.0952. The Hall–Kier alpha value is -2.90. The standard InChI is InChI=1S/C21H18ClFN2O3S/c1-25(14-15-7-9-16(23)10-8-15)21(26)19-13-17(11-12-20(19)22)24-29(27,28)18-5-3-2-4-6-18/h2-13,24H,14H2,1H3. The van der Waals surface area contributed by atoms with Crippen molar-refractivity contribution in [2.45, 2.75) is 11.4 Å². The fourth-order valence-corrected chi connectivity index (χ4v) is 3.98. The molecule has 0 fully saturated rings. The minimum absolute atomic E-state index is 0.108. The highest BCUT2D eigenvalue weighted by Crippen LogP contribution is 2.24. The molecule has 5 nitrogen and oxygen atoms in total. The number of sulfonamides is 1. The Morgan fingerprint density at radius 2 is 1.69 bits per heavy atom. The lowest BCUT2D eigenvalue weighted by molar-refractivity contribution is 0.0785. The Labute approximate surface area is 173 Å². The van der Waals surface area contributed by atoms with Crippen molar-refractivity contribution in [3.63, 3.8) is 0 Å². The lowest BCUT2D eigenvalue weighted by Gasteiger charge is -2.19. The molecule has 0 radical (unpaired) electrons. The van der Waals surface area contributed by atoms with Crippen molar-refractivity contribution in [1.29, 1.82) is 0 Å². The van der Waals surface area contributed by atoms with Crippen LogP contribution in [-0.2, 0) is 16.6 Å². The van der Waals surface area contributed by atoms with Gasteiger partial charge < -0.3 is 4.90 Å². The van der Waals surface area contributed by atoms with E-state index in [2.05, 4.69) is 4.72 Å². The van der Waals surface area contributed by atoms with Crippen LogP contribution in [0.25, 0.3) is 0 Å². The Kier molecular flexibility index (Phi) is 6.20. The predicted molar refractivity (Wildman–Crippen MR) is 111 cm³/mol. The number of halogens is 2.